The van der Waals surface area contributed by atoms with Crippen molar-refractivity contribution in [3.63, 3.8) is 0 Å². The van der Waals surface area contributed by atoms with E-state index in [-0.39, 0.29) is 0 Å². The highest BCUT2D eigenvalue weighted by atomic mass is 32.1. The minimum Gasteiger partial charge on any atom is -0.367 e. The van der Waals surface area contributed by atoms with Gasteiger partial charge in [0.15, 0.2) is 5.65 Å². The second kappa shape index (κ2) is 7.49. The van der Waals surface area contributed by atoms with Gasteiger partial charge in [-0.05, 0) is 37.1 Å². The molecule has 0 aliphatic heterocycles. The monoisotopic (exact) mass is 384 g/mol. The van der Waals surface area contributed by atoms with E-state index in [1.54, 1.807) is 11.3 Å². The van der Waals surface area contributed by atoms with E-state index in [1.807, 2.05) is 48.9 Å². The van der Waals surface area contributed by atoms with E-state index in [1.165, 1.54) is 25.7 Å². The van der Waals surface area contributed by atoms with E-state index in [0.29, 0.717) is 6.04 Å². The van der Waals surface area contributed by atoms with Crippen molar-refractivity contribution < 1.29 is 0 Å². The average molecular weight is 385 g/mol. The number of thiophene rings is 1. The van der Waals surface area contributed by atoms with Gasteiger partial charge in [-0.1, -0.05) is 42.9 Å². The Kier molecular flexibility index (Phi) is 4.56. The quantitative estimate of drug-likeness (QED) is 0.493. The Morgan fingerprint density at radius 2 is 1.89 bits per heavy atom. The zero-order valence-electron chi connectivity index (χ0n) is 15.4. The van der Waals surface area contributed by atoms with Crippen LogP contribution in [0.1, 0.15) is 36.1 Å². The first-order valence-corrected chi connectivity index (χ1v) is 10.4. The van der Waals surface area contributed by atoms with Gasteiger partial charge in [-0.2, -0.15) is 0 Å². The fourth-order valence-electron chi connectivity index (χ4n) is 3.67. The first-order valence-electron chi connectivity index (χ1n) is 9.63. The van der Waals surface area contributed by atoms with Gasteiger partial charge in [0.05, 0.1) is 16.0 Å². The summed E-state index contributed by atoms with van der Waals surface area (Å²) in [7, 11) is 0. The summed E-state index contributed by atoms with van der Waals surface area (Å²) in [4.78, 5) is 11.3. The summed E-state index contributed by atoms with van der Waals surface area (Å²) >= 11 is 1.68. The number of hydrogen-bond donors (Lipinski definition) is 1. The molecule has 4 aromatic rings. The summed E-state index contributed by atoms with van der Waals surface area (Å²) in [5, 5.41) is 3.74. The van der Waals surface area contributed by atoms with Crippen LogP contribution in [-0.4, -0.2) is 20.4 Å². The van der Waals surface area contributed by atoms with E-state index >= 15 is 0 Å². The van der Waals surface area contributed by atoms with Crippen molar-refractivity contribution in [3.05, 3.63) is 71.5 Å². The maximum Gasteiger partial charge on any atom is 0.157 e. The third kappa shape index (κ3) is 3.39. The number of benzene rings is 1. The molecule has 1 fully saturated rings. The molecule has 1 N–H and O–H groups in total. The molecule has 0 bridgehead atoms. The second-order valence-corrected chi connectivity index (χ2v) is 8.10. The molecular formula is C23H20N4S. The summed E-state index contributed by atoms with van der Waals surface area (Å²) in [6, 6.07) is 14.8. The number of rotatable bonds is 3. The van der Waals surface area contributed by atoms with Crippen LogP contribution >= 0.6 is 11.3 Å². The van der Waals surface area contributed by atoms with Gasteiger partial charge in [-0.15, -0.1) is 11.3 Å². The molecule has 1 saturated carbocycles. The van der Waals surface area contributed by atoms with Gasteiger partial charge >= 0.3 is 0 Å². The van der Waals surface area contributed by atoms with Gasteiger partial charge in [0.25, 0.3) is 0 Å². The molecular weight excluding hydrogens is 364 g/mol. The van der Waals surface area contributed by atoms with Gasteiger partial charge in [-0.25, -0.2) is 4.98 Å². The highest BCUT2D eigenvalue weighted by Gasteiger charge is 2.21. The van der Waals surface area contributed by atoms with Gasteiger partial charge in [0.1, 0.15) is 11.5 Å². The molecule has 5 heteroatoms. The lowest BCUT2D eigenvalue weighted by molar-refractivity contribution is 0.749. The van der Waals surface area contributed by atoms with Crippen LogP contribution in [0.4, 0.5) is 5.82 Å². The molecule has 4 nitrogen and oxygen atoms in total. The molecule has 0 spiro atoms. The lowest BCUT2D eigenvalue weighted by Gasteiger charge is -2.14. The van der Waals surface area contributed by atoms with Crippen molar-refractivity contribution >= 4 is 22.8 Å². The van der Waals surface area contributed by atoms with E-state index in [0.717, 1.165) is 32.5 Å². The number of hydrogen-bond acceptors (Lipinski definition) is 4. The molecule has 0 unspecified atom stereocenters. The van der Waals surface area contributed by atoms with Crippen molar-refractivity contribution in [3.8, 4) is 22.4 Å². The summed E-state index contributed by atoms with van der Waals surface area (Å²) in [6.07, 6.45) is 10.6. The number of fused-ring (bicyclic) bond motifs is 1. The molecule has 0 radical (unpaired) electrons. The maximum atomic E-state index is 4.86. The van der Waals surface area contributed by atoms with Crippen LogP contribution in [-0.2, 0) is 0 Å². The largest absolute Gasteiger partial charge is 0.367 e. The van der Waals surface area contributed by atoms with Gasteiger partial charge in [0.2, 0.25) is 0 Å². The summed E-state index contributed by atoms with van der Waals surface area (Å²) in [5.41, 5.74) is 2.88. The van der Waals surface area contributed by atoms with E-state index < -0.39 is 0 Å². The Balaban J connectivity index is 1.51. The third-order valence-electron chi connectivity index (χ3n) is 5.07. The molecule has 1 aliphatic carbocycles. The molecule has 138 valence electrons. The maximum absolute atomic E-state index is 4.86. The second-order valence-electron chi connectivity index (χ2n) is 7.02. The lowest BCUT2D eigenvalue weighted by atomic mass is 10.2. The lowest BCUT2D eigenvalue weighted by Crippen LogP contribution is -2.16. The molecule has 0 saturated heterocycles. The Labute approximate surface area is 168 Å². The fraction of sp³-hybridized carbons (Fsp3) is 0.217. The van der Waals surface area contributed by atoms with Crippen molar-refractivity contribution in [2.45, 2.75) is 31.7 Å². The van der Waals surface area contributed by atoms with Crippen molar-refractivity contribution in [1.29, 1.82) is 0 Å². The minimum absolute atomic E-state index is 0.518. The normalized spacial score (nSPS) is 14.1. The predicted octanol–water partition coefficient (Wildman–Crippen LogP) is 5.21. The molecule has 3 heterocycles. The molecule has 1 aliphatic rings. The topological polar surface area (TPSA) is 42.2 Å². The highest BCUT2D eigenvalue weighted by molar-refractivity contribution is 7.16. The first kappa shape index (κ1) is 17.0. The zero-order chi connectivity index (χ0) is 18.8. The molecule has 28 heavy (non-hydrogen) atoms. The van der Waals surface area contributed by atoms with Crippen molar-refractivity contribution in [2.24, 2.45) is 0 Å². The molecule has 0 atom stereocenters. The summed E-state index contributed by atoms with van der Waals surface area (Å²) in [6.45, 7) is 0. The van der Waals surface area contributed by atoms with Crippen LogP contribution in [0.5, 0.6) is 0 Å². The molecule has 3 aromatic heterocycles. The Hall–Kier alpha value is -3.10. The van der Waals surface area contributed by atoms with Crippen LogP contribution in [0.15, 0.2) is 61.1 Å². The molecule has 5 rings (SSSR count). The number of aromatic nitrogens is 3. The number of nitrogens with one attached hydrogen (secondary N) is 1. The van der Waals surface area contributed by atoms with E-state index in [4.69, 9.17) is 4.98 Å². The first-order chi connectivity index (χ1) is 13.9. The van der Waals surface area contributed by atoms with Gasteiger partial charge in [-0.3, -0.25) is 9.38 Å². The Morgan fingerprint density at radius 3 is 2.75 bits per heavy atom. The van der Waals surface area contributed by atoms with Crippen LogP contribution in [0.3, 0.4) is 0 Å². The fourth-order valence-corrected chi connectivity index (χ4v) is 4.52. The highest BCUT2D eigenvalue weighted by Crippen LogP contribution is 2.35. The number of imidazole rings is 1. The van der Waals surface area contributed by atoms with E-state index in [9.17, 15) is 0 Å². The summed E-state index contributed by atoms with van der Waals surface area (Å²) in [5.74, 6) is 7.58. The minimum atomic E-state index is 0.518. The smallest absolute Gasteiger partial charge is 0.157 e. The molecule has 0 amide bonds. The number of nitrogens with zero attached hydrogens (tertiary/aromatic N) is 3. The zero-order valence-corrected chi connectivity index (χ0v) is 16.2. The number of anilines is 1. The predicted molar refractivity (Wildman–Crippen MR) is 115 cm³/mol. The Morgan fingerprint density at radius 1 is 1.04 bits per heavy atom. The van der Waals surface area contributed by atoms with Crippen molar-refractivity contribution in [1.82, 2.24) is 14.4 Å². The van der Waals surface area contributed by atoms with Gasteiger partial charge in [0, 0.05) is 24.0 Å². The third-order valence-corrected chi connectivity index (χ3v) is 6.08. The standard InChI is InChI=1S/C23H20N4S/c1-2-6-17(7-3-1)10-11-19-12-13-20(28-19)22-23(25-18-8-4-5-9-18)27-15-14-24-16-21(27)26-22/h1-3,6-7,12-16,18,25H,4-5,8-9H2. The van der Waals surface area contributed by atoms with Gasteiger partial charge < -0.3 is 5.32 Å². The Bertz CT molecular complexity index is 1160. The van der Waals surface area contributed by atoms with Crippen LogP contribution in [0, 0.1) is 11.8 Å². The van der Waals surface area contributed by atoms with Crippen LogP contribution in [0.25, 0.3) is 16.2 Å². The van der Waals surface area contributed by atoms with Crippen LogP contribution < -0.4 is 5.32 Å². The molecule has 1 aromatic carbocycles. The van der Waals surface area contributed by atoms with E-state index in [2.05, 4.69) is 38.7 Å². The SMILES string of the molecule is C(#Cc1ccc(-c2nc3cnccn3c2NC2CCCC2)s1)c1ccccc1. The average Bonchev–Trinajstić information content (AvgIpc) is 3.48. The van der Waals surface area contributed by atoms with Crippen molar-refractivity contribution in [2.75, 3.05) is 5.32 Å². The summed E-state index contributed by atoms with van der Waals surface area (Å²) < 4.78 is 2.11. The van der Waals surface area contributed by atoms with Crippen LogP contribution in [0.2, 0.25) is 0 Å².